The van der Waals surface area contributed by atoms with E-state index in [-0.39, 0.29) is 5.91 Å². The third-order valence-electron chi connectivity index (χ3n) is 6.47. The second-order valence-corrected chi connectivity index (χ2v) is 8.80. The quantitative estimate of drug-likeness (QED) is 0.355. The number of nitrogens with zero attached hydrogens (tertiary/aromatic N) is 4. The van der Waals surface area contributed by atoms with Gasteiger partial charge in [-0.2, -0.15) is 4.98 Å². The SMILES string of the molecule is COc1cc2nc(N3CCN(C(=O)CCCCCc4ccc(N)cc4)CC3)nc(N)c2cc1OC. The highest BCUT2D eigenvalue weighted by atomic mass is 16.5. The van der Waals surface area contributed by atoms with Crippen molar-refractivity contribution in [3.63, 3.8) is 0 Å². The number of piperazine rings is 1. The molecule has 0 saturated carbocycles. The van der Waals surface area contributed by atoms with Crippen molar-refractivity contribution in [2.24, 2.45) is 0 Å². The summed E-state index contributed by atoms with van der Waals surface area (Å²) in [5.41, 5.74) is 14.7. The maximum Gasteiger partial charge on any atom is 0.228 e. The molecule has 4 rings (SSSR count). The van der Waals surface area contributed by atoms with E-state index in [4.69, 9.17) is 25.9 Å². The average molecular weight is 479 g/mol. The zero-order chi connectivity index (χ0) is 24.8. The van der Waals surface area contributed by atoms with Crippen LogP contribution < -0.4 is 25.8 Å². The van der Waals surface area contributed by atoms with E-state index >= 15 is 0 Å². The van der Waals surface area contributed by atoms with Crippen LogP contribution in [0.2, 0.25) is 0 Å². The molecule has 0 bridgehead atoms. The number of anilines is 3. The summed E-state index contributed by atoms with van der Waals surface area (Å²) < 4.78 is 10.8. The lowest BCUT2D eigenvalue weighted by atomic mass is 10.1. The van der Waals surface area contributed by atoms with Crippen LogP contribution in [0.25, 0.3) is 10.9 Å². The molecular weight excluding hydrogens is 444 g/mol. The van der Waals surface area contributed by atoms with Crippen molar-refractivity contribution in [1.82, 2.24) is 14.9 Å². The minimum absolute atomic E-state index is 0.216. The van der Waals surface area contributed by atoms with Gasteiger partial charge in [-0.1, -0.05) is 18.6 Å². The van der Waals surface area contributed by atoms with E-state index in [2.05, 4.69) is 22.0 Å². The molecule has 186 valence electrons. The number of ether oxygens (including phenoxy) is 2. The van der Waals surface area contributed by atoms with Crippen LogP contribution in [-0.4, -0.2) is 61.2 Å². The molecule has 3 aromatic rings. The first kappa shape index (κ1) is 24.4. The highest BCUT2D eigenvalue weighted by molar-refractivity contribution is 5.91. The van der Waals surface area contributed by atoms with Gasteiger partial charge in [0.05, 0.1) is 19.7 Å². The standard InChI is InChI=1S/C26H34N6O3/c1-34-22-16-20-21(17-23(22)35-2)29-26(30-25(20)28)32-14-12-31(13-15-32)24(33)7-5-3-4-6-18-8-10-19(27)11-9-18/h8-11,16-17H,3-7,12-15,27H2,1-2H3,(H2,28,29,30). The van der Waals surface area contributed by atoms with Crippen molar-refractivity contribution in [2.75, 3.05) is 56.8 Å². The number of hydrogen-bond acceptors (Lipinski definition) is 8. The molecule has 0 radical (unpaired) electrons. The minimum atomic E-state index is 0.216. The van der Waals surface area contributed by atoms with E-state index in [1.54, 1.807) is 20.3 Å². The smallest absolute Gasteiger partial charge is 0.228 e. The predicted molar refractivity (Wildman–Crippen MR) is 139 cm³/mol. The third kappa shape index (κ3) is 5.85. The van der Waals surface area contributed by atoms with Crippen LogP contribution in [0.5, 0.6) is 11.5 Å². The van der Waals surface area contributed by atoms with Crippen molar-refractivity contribution in [3.8, 4) is 11.5 Å². The maximum atomic E-state index is 12.7. The molecule has 1 saturated heterocycles. The number of hydrogen-bond donors (Lipinski definition) is 2. The molecule has 0 atom stereocenters. The Balaban J connectivity index is 1.27. The molecule has 9 heteroatoms. The fraction of sp³-hybridized carbons (Fsp3) is 0.423. The Morgan fingerprint density at radius 1 is 0.914 bits per heavy atom. The first-order valence-electron chi connectivity index (χ1n) is 12.0. The van der Waals surface area contributed by atoms with Crippen LogP contribution in [0.4, 0.5) is 17.5 Å². The van der Waals surface area contributed by atoms with Crippen molar-refractivity contribution in [3.05, 3.63) is 42.0 Å². The van der Waals surface area contributed by atoms with Crippen molar-refractivity contribution in [2.45, 2.75) is 32.1 Å². The molecule has 0 unspecified atom stereocenters. The zero-order valence-corrected chi connectivity index (χ0v) is 20.5. The Hall–Kier alpha value is -3.75. The number of benzene rings is 2. The van der Waals surface area contributed by atoms with E-state index in [0.717, 1.165) is 36.8 Å². The Morgan fingerprint density at radius 3 is 2.29 bits per heavy atom. The van der Waals surface area contributed by atoms with E-state index in [0.29, 0.717) is 61.4 Å². The average Bonchev–Trinajstić information content (AvgIpc) is 2.88. The maximum absolute atomic E-state index is 12.7. The van der Waals surface area contributed by atoms with E-state index in [1.165, 1.54) is 5.56 Å². The van der Waals surface area contributed by atoms with Crippen molar-refractivity contribution >= 4 is 34.3 Å². The van der Waals surface area contributed by atoms with Crippen LogP contribution in [0, 0.1) is 0 Å². The van der Waals surface area contributed by atoms with Crippen LogP contribution in [0.3, 0.4) is 0 Å². The summed E-state index contributed by atoms with van der Waals surface area (Å²) in [7, 11) is 3.17. The molecule has 1 fully saturated rings. The van der Waals surface area contributed by atoms with Gasteiger partial charge in [0, 0.05) is 49.7 Å². The number of nitrogens with two attached hydrogens (primary N) is 2. The van der Waals surface area contributed by atoms with Gasteiger partial charge in [-0.3, -0.25) is 4.79 Å². The molecule has 0 aliphatic carbocycles. The highest BCUT2D eigenvalue weighted by Gasteiger charge is 2.23. The minimum Gasteiger partial charge on any atom is -0.493 e. The molecule has 9 nitrogen and oxygen atoms in total. The molecule has 2 aromatic carbocycles. The fourth-order valence-corrected chi connectivity index (χ4v) is 4.39. The first-order chi connectivity index (χ1) is 17.0. The summed E-state index contributed by atoms with van der Waals surface area (Å²) in [4.78, 5) is 25.9. The number of fused-ring (bicyclic) bond motifs is 1. The predicted octanol–water partition coefficient (Wildman–Crippen LogP) is 3.26. The van der Waals surface area contributed by atoms with Gasteiger partial charge in [0.2, 0.25) is 11.9 Å². The number of methoxy groups -OCH3 is 2. The number of unbranched alkanes of at least 4 members (excludes halogenated alkanes) is 2. The molecule has 1 amide bonds. The lowest BCUT2D eigenvalue weighted by molar-refractivity contribution is -0.131. The lowest BCUT2D eigenvalue weighted by Gasteiger charge is -2.35. The summed E-state index contributed by atoms with van der Waals surface area (Å²) >= 11 is 0. The van der Waals surface area contributed by atoms with E-state index in [9.17, 15) is 4.79 Å². The lowest BCUT2D eigenvalue weighted by Crippen LogP contribution is -2.49. The van der Waals surface area contributed by atoms with Gasteiger partial charge < -0.3 is 30.7 Å². The van der Waals surface area contributed by atoms with E-state index in [1.807, 2.05) is 23.1 Å². The van der Waals surface area contributed by atoms with E-state index < -0.39 is 0 Å². The molecule has 2 heterocycles. The molecule has 4 N–H and O–H groups in total. The Bertz CT molecular complexity index is 1160. The molecule has 1 aliphatic rings. The van der Waals surface area contributed by atoms with Gasteiger partial charge in [0.25, 0.3) is 0 Å². The second-order valence-electron chi connectivity index (χ2n) is 8.80. The van der Waals surface area contributed by atoms with Crippen LogP contribution in [0.15, 0.2) is 36.4 Å². The number of carbonyl (C=O) groups excluding carboxylic acids is 1. The molecular formula is C26H34N6O3. The van der Waals surface area contributed by atoms with Gasteiger partial charge >= 0.3 is 0 Å². The third-order valence-corrected chi connectivity index (χ3v) is 6.47. The Kier molecular flexibility index (Phi) is 7.74. The second kappa shape index (κ2) is 11.1. The number of aromatic nitrogens is 2. The molecule has 1 aromatic heterocycles. The number of rotatable bonds is 9. The Labute approximate surface area is 206 Å². The van der Waals surface area contributed by atoms with Gasteiger partial charge in [-0.15, -0.1) is 0 Å². The normalized spacial score (nSPS) is 13.8. The number of carbonyl (C=O) groups is 1. The Morgan fingerprint density at radius 2 is 1.60 bits per heavy atom. The largest absolute Gasteiger partial charge is 0.493 e. The summed E-state index contributed by atoms with van der Waals surface area (Å²) in [5.74, 6) is 2.35. The monoisotopic (exact) mass is 478 g/mol. The van der Waals surface area contributed by atoms with Crippen molar-refractivity contribution < 1.29 is 14.3 Å². The molecule has 0 spiro atoms. The zero-order valence-electron chi connectivity index (χ0n) is 20.5. The number of amides is 1. The number of aryl methyl sites for hydroxylation is 1. The summed E-state index contributed by atoms with van der Waals surface area (Å²) in [5, 5.41) is 0.719. The summed E-state index contributed by atoms with van der Waals surface area (Å²) in [6.45, 7) is 2.64. The summed E-state index contributed by atoms with van der Waals surface area (Å²) in [6, 6.07) is 11.6. The van der Waals surface area contributed by atoms with Crippen LogP contribution in [0.1, 0.15) is 31.2 Å². The van der Waals surface area contributed by atoms with Gasteiger partial charge in [-0.05, 0) is 43.0 Å². The topological polar surface area (TPSA) is 120 Å². The fourth-order valence-electron chi connectivity index (χ4n) is 4.39. The molecule has 1 aliphatic heterocycles. The highest BCUT2D eigenvalue weighted by Crippen LogP contribution is 2.34. The molecule has 35 heavy (non-hydrogen) atoms. The summed E-state index contributed by atoms with van der Waals surface area (Å²) in [6.07, 6.45) is 4.62. The van der Waals surface area contributed by atoms with Crippen molar-refractivity contribution in [1.29, 1.82) is 0 Å². The van der Waals surface area contributed by atoms with Gasteiger partial charge in [0.1, 0.15) is 5.82 Å². The van der Waals surface area contributed by atoms with Crippen LogP contribution >= 0.6 is 0 Å². The number of nitrogen functional groups attached to an aromatic ring is 2. The van der Waals surface area contributed by atoms with Crippen LogP contribution in [-0.2, 0) is 11.2 Å². The first-order valence-corrected chi connectivity index (χ1v) is 12.0. The van der Waals surface area contributed by atoms with Gasteiger partial charge in [-0.25, -0.2) is 4.98 Å². The van der Waals surface area contributed by atoms with Gasteiger partial charge in [0.15, 0.2) is 11.5 Å².